The minimum atomic E-state index is -0.975. The van der Waals surface area contributed by atoms with E-state index >= 15 is 0 Å². The molecule has 4 nitrogen and oxygen atoms in total. The van der Waals surface area contributed by atoms with E-state index in [4.69, 9.17) is 4.74 Å². The molecule has 1 aromatic rings. The molecule has 1 aliphatic rings. The lowest BCUT2D eigenvalue weighted by Crippen LogP contribution is -3.15. The molecular weight excluding hydrogens is 242 g/mol. The van der Waals surface area contributed by atoms with Crippen LogP contribution in [0.15, 0.2) is 24.3 Å². The smallest absolute Gasteiger partial charge is 0.127 e. The molecule has 0 spiro atoms. The minimum Gasteiger partial charge on any atom is -0.544 e. The van der Waals surface area contributed by atoms with Crippen molar-refractivity contribution in [3.63, 3.8) is 0 Å². The van der Waals surface area contributed by atoms with Gasteiger partial charge in [0.25, 0.3) is 0 Å². The maximum absolute atomic E-state index is 10.9. The first kappa shape index (κ1) is 13.9. The zero-order valence-corrected chi connectivity index (χ0v) is 11.4. The van der Waals surface area contributed by atoms with Gasteiger partial charge in [-0.05, 0) is 37.8 Å². The molecule has 0 aliphatic heterocycles. The molecule has 19 heavy (non-hydrogen) atoms. The van der Waals surface area contributed by atoms with Gasteiger partial charge in [-0.3, -0.25) is 0 Å². The van der Waals surface area contributed by atoms with Gasteiger partial charge < -0.3 is 19.5 Å². The Morgan fingerprint density at radius 3 is 2.68 bits per heavy atom. The lowest BCUT2D eigenvalue weighted by atomic mass is 10.1. The number of carboxylic acids is 1. The SMILES string of the molecule is COc1ccccc1C[NH+](CC(=O)[O-])C1CCCC1. The van der Waals surface area contributed by atoms with E-state index in [-0.39, 0.29) is 6.54 Å². The number of hydrogen-bond donors (Lipinski definition) is 1. The first-order valence-corrected chi connectivity index (χ1v) is 6.87. The van der Waals surface area contributed by atoms with E-state index in [1.54, 1.807) is 7.11 Å². The second kappa shape index (κ2) is 6.57. The average molecular weight is 263 g/mol. The average Bonchev–Trinajstić information content (AvgIpc) is 2.92. The summed E-state index contributed by atoms with van der Waals surface area (Å²) >= 11 is 0. The van der Waals surface area contributed by atoms with Crippen molar-refractivity contribution in [1.29, 1.82) is 0 Å². The highest BCUT2D eigenvalue weighted by Crippen LogP contribution is 2.18. The topological polar surface area (TPSA) is 53.8 Å². The molecule has 1 N–H and O–H groups in total. The number of para-hydroxylation sites is 1. The van der Waals surface area contributed by atoms with Gasteiger partial charge in [0.05, 0.1) is 19.1 Å². The van der Waals surface area contributed by atoms with Crippen LogP contribution in [0.2, 0.25) is 0 Å². The van der Waals surface area contributed by atoms with Crippen LogP contribution in [0.5, 0.6) is 5.75 Å². The van der Waals surface area contributed by atoms with Crippen LogP contribution >= 0.6 is 0 Å². The van der Waals surface area contributed by atoms with Gasteiger partial charge in [-0.2, -0.15) is 0 Å². The second-order valence-electron chi connectivity index (χ2n) is 5.18. The molecule has 0 heterocycles. The van der Waals surface area contributed by atoms with Gasteiger partial charge in [-0.1, -0.05) is 12.1 Å². The summed E-state index contributed by atoms with van der Waals surface area (Å²) in [7, 11) is 1.65. The van der Waals surface area contributed by atoms with E-state index in [2.05, 4.69) is 0 Å². The third-order valence-corrected chi connectivity index (χ3v) is 3.91. The van der Waals surface area contributed by atoms with Crippen molar-refractivity contribution in [3.05, 3.63) is 29.8 Å². The van der Waals surface area contributed by atoms with E-state index < -0.39 is 5.97 Å². The van der Waals surface area contributed by atoms with Gasteiger partial charge in [0.2, 0.25) is 0 Å². The molecule has 0 bridgehead atoms. The van der Waals surface area contributed by atoms with Gasteiger partial charge in [-0.25, -0.2) is 0 Å². The molecule has 4 heteroatoms. The zero-order chi connectivity index (χ0) is 13.7. The van der Waals surface area contributed by atoms with Crippen LogP contribution < -0.4 is 14.7 Å². The predicted octanol–water partition coefficient (Wildman–Crippen LogP) is -0.227. The fourth-order valence-electron chi connectivity index (χ4n) is 2.96. The summed E-state index contributed by atoms with van der Waals surface area (Å²) in [4.78, 5) is 12.0. The highest BCUT2D eigenvalue weighted by molar-refractivity contribution is 5.65. The largest absolute Gasteiger partial charge is 0.544 e. The monoisotopic (exact) mass is 263 g/mol. The number of carbonyl (C=O) groups excluding carboxylic acids is 1. The number of carbonyl (C=O) groups is 1. The van der Waals surface area contributed by atoms with Crippen molar-refractivity contribution in [2.75, 3.05) is 13.7 Å². The number of methoxy groups -OCH3 is 1. The van der Waals surface area contributed by atoms with Crippen molar-refractivity contribution >= 4 is 5.97 Å². The quantitative estimate of drug-likeness (QED) is 0.771. The lowest BCUT2D eigenvalue weighted by Gasteiger charge is -2.26. The molecule has 0 aromatic heterocycles. The summed E-state index contributed by atoms with van der Waals surface area (Å²) in [6, 6.07) is 8.24. The Kier molecular flexibility index (Phi) is 4.80. The molecular formula is C15H21NO3. The summed E-state index contributed by atoms with van der Waals surface area (Å²) in [5, 5.41) is 10.9. The summed E-state index contributed by atoms with van der Waals surface area (Å²) < 4.78 is 5.34. The van der Waals surface area contributed by atoms with Gasteiger partial charge >= 0.3 is 0 Å². The van der Waals surface area contributed by atoms with Gasteiger partial charge in [0.1, 0.15) is 18.8 Å². The molecule has 0 saturated heterocycles. The molecule has 1 aliphatic carbocycles. The fraction of sp³-hybridized carbons (Fsp3) is 0.533. The summed E-state index contributed by atoms with van der Waals surface area (Å²) in [6.45, 7) is 0.755. The number of carboxylic acid groups (broad SMARTS) is 1. The van der Waals surface area contributed by atoms with Crippen LogP contribution in [0.1, 0.15) is 31.2 Å². The van der Waals surface area contributed by atoms with Crippen molar-refractivity contribution in [2.45, 2.75) is 38.3 Å². The van der Waals surface area contributed by atoms with Crippen LogP contribution in [-0.2, 0) is 11.3 Å². The van der Waals surface area contributed by atoms with E-state index in [1.807, 2.05) is 24.3 Å². The van der Waals surface area contributed by atoms with Crippen molar-refractivity contribution in [1.82, 2.24) is 0 Å². The van der Waals surface area contributed by atoms with E-state index in [1.165, 1.54) is 12.8 Å². The van der Waals surface area contributed by atoms with Crippen molar-refractivity contribution in [2.24, 2.45) is 0 Å². The Bertz CT molecular complexity index is 427. The van der Waals surface area contributed by atoms with Gasteiger partial charge in [0.15, 0.2) is 0 Å². The number of nitrogens with one attached hydrogen (secondary N) is 1. The number of ether oxygens (including phenoxy) is 1. The van der Waals surface area contributed by atoms with Crippen LogP contribution in [0.25, 0.3) is 0 Å². The Hall–Kier alpha value is -1.55. The van der Waals surface area contributed by atoms with E-state index in [9.17, 15) is 9.90 Å². The number of benzene rings is 1. The van der Waals surface area contributed by atoms with Crippen molar-refractivity contribution in [3.8, 4) is 5.75 Å². The van der Waals surface area contributed by atoms with Crippen LogP contribution in [0, 0.1) is 0 Å². The van der Waals surface area contributed by atoms with Crippen LogP contribution in [-0.4, -0.2) is 25.7 Å². The highest BCUT2D eigenvalue weighted by Gasteiger charge is 2.26. The zero-order valence-electron chi connectivity index (χ0n) is 11.4. The maximum atomic E-state index is 10.9. The third kappa shape index (κ3) is 3.70. The summed E-state index contributed by atoms with van der Waals surface area (Å²) in [5.74, 6) is -0.145. The molecule has 1 fully saturated rings. The fourth-order valence-corrected chi connectivity index (χ4v) is 2.96. The molecule has 0 amide bonds. The summed E-state index contributed by atoms with van der Waals surface area (Å²) in [6.07, 6.45) is 4.62. The third-order valence-electron chi connectivity index (χ3n) is 3.91. The molecule has 104 valence electrons. The molecule has 2 rings (SSSR count). The Balaban J connectivity index is 2.12. The lowest BCUT2D eigenvalue weighted by molar-refractivity contribution is -0.932. The Morgan fingerprint density at radius 1 is 1.37 bits per heavy atom. The van der Waals surface area contributed by atoms with Crippen LogP contribution in [0.4, 0.5) is 0 Å². The first-order chi connectivity index (χ1) is 9.20. The van der Waals surface area contributed by atoms with E-state index in [0.717, 1.165) is 29.1 Å². The summed E-state index contributed by atoms with van der Waals surface area (Å²) in [5.41, 5.74) is 1.06. The van der Waals surface area contributed by atoms with Gasteiger partial charge in [-0.15, -0.1) is 0 Å². The predicted molar refractivity (Wildman–Crippen MR) is 69.8 cm³/mol. The number of rotatable bonds is 6. The van der Waals surface area contributed by atoms with Crippen molar-refractivity contribution < 1.29 is 19.5 Å². The molecule has 1 saturated carbocycles. The first-order valence-electron chi connectivity index (χ1n) is 6.87. The Morgan fingerprint density at radius 2 is 2.05 bits per heavy atom. The second-order valence-corrected chi connectivity index (χ2v) is 5.18. The molecule has 0 radical (unpaired) electrons. The standard InChI is InChI=1S/C15H21NO3/c1-19-14-9-5-2-6-12(14)10-16(11-15(17)18)13-7-3-4-8-13/h2,5-6,9,13H,3-4,7-8,10-11H2,1H3,(H,17,18). The molecule has 1 atom stereocenters. The minimum absolute atomic E-state index is 0.0721. The van der Waals surface area contributed by atoms with Crippen LogP contribution in [0.3, 0.4) is 0 Å². The maximum Gasteiger partial charge on any atom is 0.127 e. The Labute approximate surface area is 114 Å². The highest BCUT2D eigenvalue weighted by atomic mass is 16.5. The number of hydrogen-bond acceptors (Lipinski definition) is 3. The molecule has 1 unspecified atom stereocenters. The van der Waals surface area contributed by atoms with Gasteiger partial charge in [0, 0.05) is 5.56 Å². The number of quaternary nitrogens is 1. The van der Waals surface area contributed by atoms with E-state index in [0.29, 0.717) is 12.6 Å². The normalized spacial score (nSPS) is 17.3. The number of aliphatic carboxylic acids is 1. The molecule has 1 aromatic carbocycles.